The number of primary amides is 1. The topological polar surface area (TPSA) is 72.2 Å². The van der Waals surface area contributed by atoms with Crippen molar-refractivity contribution in [3.05, 3.63) is 63.6 Å². The van der Waals surface area contributed by atoms with Gasteiger partial charge in [0.1, 0.15) is 0 Å². The van der Waals surface area contributed by atoms with Gasteiger partial charge in [-0.2, -0.15) is 0 Å². The molecule has 0 saturated carbocycles. The monoisotopic (exact) mass is 308 g/mol. The van der Waals surface area contributed by atoms with E-state index < -0.39 is 11.8 Å². The molecule has 0 saturated heterocycles. The van der Waals surface area contributed by atoms with Crippen molar-refractivity contribution in [2.45, 2.75) is 0 Å². The Hall–Kier alpha value is -2.04. The molecule has 0 heterocycles. The first-order valence-corrected chi connectivity index (χ1v) is 6.39. The highest BCUT2D eigenvalue weighted by Crippen LogP contribution is 2.21. The molecule has 6 heteroatoms. The minimum absolute atomic E-state index is 0.231. The smallest absolute Gasteiger partial charge is 0.255 e. The molecule has 0 unspecified atom stereocenters. The van der Waals surface area contributed by atoms with Crippen molar-refractivity contribution in [1.29, 1.82) is 0 Å². The Morgan fingerprint density at radius 2 is 1.60 bits per heavy atom. The summed E-state index contributed by atoms with van der Waals surface area (Å²) in [6.07, 6.45) is 0. The van der Waals surface area contributed by atoms with Gasteiger partial charge in [0.05, 0.1) is 11.3 Å². The van der Waals surface area contributed by atoms with Gasteiger partial charge in [0.25, 0.3) is 11.8 Å². The molecule has 0 fully saturated rings. The van der Waals surface area contributed by atoms with Gasteiger partial charge in [0.2, 0.25) is 0 Å². The zero-order valence-electron chi connectivity index (χ0n) is 10.2. The van der Waals surface area contributed by atoms with Crippen LogP contribution >= 0.6 is 23.2 Å². The molecule has 0 aliphatic rings. The highest BCUT2D eigenvalue weighted by molar-refractivity contribution is 6.35. The van der Waals surface area contributed by atoms with Crippen molar-refractivity contribution in [3.63, 3.8) is 0 Å². The van der Waals surface area contributed by atoms with E-state index in [4.69, 9.17) is 28.9 Å². The quantitative estimate of drug-likeness (QED) is 0.912. The zero-order valence-corrected chi connectivity index (χ0v) is 11.7. The molecule has 2 aromatic carbocycles. The van der Waals surface area contributed by atoms with E-state index in [1.807, 2.05) is 0 Å². The Labute approximate surface area is 125 Å². The van der Waals surface area contributed by atoms with Gasteiger partial charge in [-0.15, -0.1) is 0 Å². The molecule has 0 radical (unpaired) electrons. The number of halogens is 2. The van der Waals surface area contributed by atoms with Crippen molar-refractivity contribution in [2.75, 3.05) is 5.32 Å². The first-order chi connectivity index (χ1) is 9.47. The van der Waals surface area contributed by atoms with Gasteiger partial charge in [-0.25, -0.2) is 0 Å². The molecule has 0 bridgehead atoms. The van der Waals surface area contributed by atoms with Crippen LogP contribution in [-0.2, 0) is 0 Å². The number of hydrogen-bond acceptors (Lipinski definition) is 2. The lowest BCUT2D eigenvalue weighted by Gasteiger charge is -2.09. The molecular weight excluding hydrogens is 299 g/mol. The maximum absolute atomic E-state index is 12.1. The molecule has 3 N–H and O–H groups in total. The molecule has 0 atom stereocenters. The van der Waals surface area contributed by atoms with Crippen LogP contribution in [0.4, 0.5) is 5.69 Å². The molecule has 0 aliphatic heterocycles. The number of nitrogens with one attached hydrogen (secondary N) is 1. The minimum atomic E-state index is -0.620. The van der Waals surface area contributed by atoms with Gasteiger partial charge >= 0.3 is 0 Å². The van der Waals surface area contributed by atoms with Crippen LogP contribution in [0.3, 0.4) is 0 Å². The average molecular weight is 309 g/mol. The summed E-state index contributed by atoms with van der Waals surface area (Å²) in [4.78, 5) is 23.4. The van der Waals surface area contributed by atoms with Gasteiger partial charge in [-0.3, -0.25) is 9.59 Å². The van der Waals surface area contributed by atoms with E-state index in [-0.39, 0.29) is 5.56 Å². The fourth-order valence-corrected chi connectivity index (χ4v) is 2.21. The Morgan fingerprint density at radius 3 is 2.20 bits per heavy atom. The summed E-state index contributed by atoms with van der Waals surface area (Å²) in [6.45, 7) is 0. The SMILES string of the molecule is NC(=O)c1ccccc1NC(=O)c1cc(Cl)cc(Cl)c1. The lowest BCUT2D eigenvalue weighted by Crippen LogP contribution is -2.18. The van der Waals surface area contributed by atoms with Gasteiger partial charge in [0.15, 0.2) is 0 Å². The van der Waals surface area contributed by atoms with Crippen molar-refractivity contribution in [3.8, 4) is 0 Å². The molecular formula is C14H10Cl2N2O2. The van der Waals surface area contributed by atoms with Crippen LogP contribution in [-0.4, -0.2) is 11.8 Å². The Kier molecular flexibility index (Phi) is 4.27. The summed E-state index contributed by atoms with van der Waals surface area (Å²) in [6, 6.07) is 11.0. The fourth-order valence-electron chi connectivity index (χ4n) is 1.69. The maximum Gasteiger partial charge on any atom is 0.255 e. The van der Waals surface area contributed by atoms with Crippen LogP contribution in [0.15, 0.2) is 42.5 Å². The normalized spacial score (nSPS) is 10.1. The van der Waals surface area contributed by atoms with E-state index in [0.717, 1.165) is 0 Å². The van der Waals surface area contributed by atoms with Crippen LogP contribution in [0.25, 0.3) is 0 Å². The summed E-state index contributed by atoms with van der Waals surface area (Å²) in [5.74, 6) is -1.05. The van der Waals surface area contributed by atoms with Gasteiger partial charge in [-0.05, 0) is 30.3 Å². The molecule has 0 spiro atoms. The second kappa shape index (κ2) is 5.94. The molecule has 102 valence electrons. The highest BCUT2D eigenvalue weighted by Gasteiger charge is 2.12. The predicted octanol–water partition coefficient (Wildman–Crippen LogP) is 3.34. The third kappa shape index (κ3) is 3.29. The molecule has 20 heavy (non-hydrogen) atoms. The number of rotatable bonds is 3. The molecule has 2 amide bonds. The minimum Gasteiger partial charge on any atom is -0.366 e. The van der Waals surface area contributed by atoms with Gasteiger partial charge in [0, 0.05) is 15.6 Å². The van der Waals surface area contributed by atoms with Crippen LogP contribution < -0.4 is 11.1 Å². The summed E-state index contributed by atoms with van der Waals surface area (Å²) in [5.41, 5.74) is 6.10. The lowest BCUT2D eigenvalue weighted by molar-refractivity contribution is 0.100. The number of amides is 2. The maximum atomic E-state index is 12.1. The molecule has 0 aliphatic carbocycles. The number of para-hydroxylation sites is 1. The lowest BCUT2D eigenvalue weighted by atomic mass is 10.1. The summed E-state index contributed by atoms with van der Waals surface area (Å²) < 4.78 is 0. The van der Waals surface area contributed by atoms with Crippen molar-refractivity contribution >= 4 is 40.7 Å². The number of hydrogen-bond donors (Lipinski definition) is 2. The second-order valence-corrected chi connectivity index (χ2v) is 4.89. The number of carbonyl (C=O) groups excluding carboxylic acids is 2. The summed E-state index contributed by atoms with van der Waals surface area (Å²) in [5, 5.41) is 3.31. The highest BCUT2D eigenvalue weighted by atomic mass is 35.5. The molecule has 4 nitrogen and oxygen atoms in total. The average Bonchev–Trinajstić information content (AvgIpc) is 2.37. The predicted molar refractivity (Wildman–Crippen MR) is 79.4 cm³/mol. The molecule has 2 rings (SSSR count). The standard InChI is InChI=1S/C14H10Cl2N2O2/c15-9-5-8(6-10(16)7-9)14(20)18-12-4-2-1-3-11(12)13(17)19/h1-7H,(H2,17,19)(H,18,20). The first-order valence-electron chi connectivity index (χ1n) is 5.63. The zero-order chi connectivity index (χ0) is 14.7. The van der Waals surface area contributed by atoms with E-state index >= 15 is 0 Å². The third-order valence-corrected chi connectivity index (χ3v) is 3.00. The second-order valence-electron chi connectivity index (χ2n) is 4.02. The van der Waals surface area contributed by atoms with Crippen molar-refractivity contribution in [1.82, 2.24) is 0 Å². The third-order valence-electron chi connectivity index (χ3n) is 2.57. The Morgan fingerprint density at radius 1 is 1.00 bits per heavy atom. The van der Waals surface area contributed by atoms with Crippen LogP contribution in [0, 0.1) is 0 Å². The number of nitrogens with two attached hydrogens (primary N) is 1. The largest absolute Gasteiger partial charge is 0.366 e. The van der Waals surface area contributed by atoms with E-state index in [1.165, 1.54) is 24.3 Å². The number of benzene rings is 2. The first kappa shape index (κ1) is 14.4. The van der Waals surface area contributed by atoms with E-state index in [9.17, 15) is 9.59 Å². The van der Waals surface area contributed by atoms with E-state index in [1.54, 1.807) is 18.2 Å². The van der Waals surface area contributed by atoms with Crippen LogP contribution in [0.1, 0.15) is 20.7 Å². The molecule has 2 aromatic rings. The van der Waals surface area contributed by atoms with Crippen LogP contribution in [0.5, 0.6) is 0 Å². The number of carbonyl (C=O) groups is 2. The summed E-state index contributed by atoms with van der Waals surface area (Å²) >= 11 is 11.7. The Bertz CT molecular complexity index is 666. The molecule has 0 aromatic heterocycles. The van der Waals surface area contributed by atoms with Crippen LogP contribution in [0.2, 0.25) is 10.0 Å². The number of anilines is 1. The van der Waals surface area contributed by atoms with E-state index in [0.29, 0.717) is 21.3 Å². The van der Waals surface area contributed by atoms with Crippen molar-refractivity contribution < 1.29 is 9.59 Å². The summed E-state index contributed by atoms with van der Waals surface area (Å²) in [7, 11) is 0. The Balaban J connectivity index is 2.30. The van der Waals surface area contributed by atoms with Gasteiger partial charge in [-0.1, -0.05) is 35.3 Å². The fraction of sp³-hybridized carbons (Fsp3) is 0. The van der Waals surface area contributed by atoms with E-state index in [2.05, 4.69) is 5.32 Å². The van der Waals surface area contributed by atoms with Crippen molar-refractivity contribution in [2.24, 2.45) is 5.73 Å². The van der Waals surface area contributed by atoms with Gasteiger partial charge < -0.3 is 11.1 Å².